The fourth-order valence-electron chi connectivity index (χ4n) is 4.42. The highest BCUT2D eigenvalue weighted by atomic mass is 15.3. The van der Waals surface area contributed by atoms with Gasteiger partial charge in [-0.15, -0.1) is 10.2 Å². The predicted molar refractivity (Wildman–Crippen MR) is 109 cm³/mol. The van der Waals surface area contributed by atoms with Gasteiger partial charge in [-0.3, -0.25) is 9.88 Å². The highest BCUT2D eigenvalue weighted by molar-refractivity contribution is 5.63. The number of pyridine rings is 1. The Morgan fingerprint density at radius 3 is 2.68 bits per heavy atom. The first-order valence-corrected chi connectivity index (χ1v) is 10.2. The third-order valence-electron chi connectivity index (χ3n) is 5.95. The quantitative estimate of drug-likeness (QED) is 0.761. The van der Waals surface area contributed by atoms with Crippen LogP contribution in [0.2, 0.25) is 0 Å². The van der Waals surface area contributed by atoms with Crippen molar-refractivity contribution in [3.63, 3.8) is 0 Å². The lowest BCUT2D eigenvalue weighted by Crippen LogP contribution is -2.34. The van der Waals surface area contributed by atoms with Gasteiger partial charge in [-0.05, 0) is 60.8 Å². The highest BCUT2D eigenvalue weighted by Crippen LogP contribution is 2.29. The Hall–Kier alpha value is -2.57. The second-order valence-electron chi connectivity index (χ2n) is 7.79. The van der Waals surface area contributed by atoms with E-state index in [4.69, 9.17) is 0 Å². The molecule has 0 atom stereocenters. The Kier molecular flexibility index (Phi) is 4.89. The molecule has 28 heavy (non-hydrogen) atoms. The smallest absolute Gasteiger partial charge is 0.147 e. The molecular weight excluding hydrogens is 348 g/mol. The normalized spacial score (nSPS) is 18.1. The number of rotatable bonds is 4. The maximum atomic E-state index is 4.53. The fraction of sp³-hybridized carbons (Fsp3) is 0.409. The molecule has 1 aromatic carbocycles. The Labute approximate surface area is 165 Å². The lowest BCUT2D eigenvalue weighted by molar-refractivity contribution is 0.199. The Morgan fingerprint density at radius 1 is 0.964 bits per heavy atom. The summed E-state index contributed by atoms with van der Waals surface area (Å²) < 4.78 is 2.34. The first-order chi connectivity index (χ1) is 13.9. The van der Waals surface area contributed by atoms with Crippen molar-refractivity contribution in [1.82, 2.24) is 30.0 Å². The summed E-state index contributed by atoms with van der Waals surface area (Å²) >= 11 is 0. The molecule has 6 nitrogen and oxygen atoms in total. The van der Waals surface area contributed by atoms with Crippen molar-refractivity contribution in [3.05, 3.63) is 66.0 Å². The van der Waals surface area contributed by atoms with E-state index in [1.807, 2.05) is 12.4 Å². The minimum Gasteiger partial charge on any atom is -0.312 e. The zero-order valence-electron chi connectivity index (χ0n) is 16.1. The summed E-state index contributed by atoms with van der Waals surface area (Å²) in [7, 11) is 0. The van der Waals surface area contributed by atoms with Gasteiger partial charge >= 0.3 is 0 Å². The monoisotopic (exact) mass is 374 g/mol. The van der Waals surface area contributed by atoms with E-state index in [0.29, 0.717) is 5.92 Å². The maximum absolute atomic E-state index is 4.53. The first-order valence-electron chi connectivity index (χ1n) is 10.2. The largest absolute Gasteiger partial charge is 0.312 e. The lowest BCUT2D eigenvalue weighted by atomic mass is 9.95. The molecule has 2 aliphatic rings. The molecule has 1 saturated heterocycles. The highest BCUT2D eigenvalue weighted by Gasteiger charge is 2.27. The molecule has 0 aliphatic carbocycles. The molecular formula is C22H26N6. The molecule has 2 aromatic heterocycles. The van der Waals surface area contributed by atoms with Crippen molar-refractivity contribution in [2.75, 3.05) is 19.6 Å². The summed E-state index contributed by atoms with van der Waals surface area (Å²) in [4.78, 5) is 6.69. The molecule has 144 valence electrons. The van der Waals surface area contributed by atoms with E-state index >= 15 is 0 Å². The van der Waals surface area contributed by atoms with Crippen LogP contribution in [-0.4, -0.2) is 44.3 Å². The SMILES string of the molecule is c1cc(CN2CCC(c3nnc4n3CCNC4)CC2)cc(-c2ccncc2)c1. The summed E-state index contributed by atoms with van der Waals surface area (Å²) in [5.74, 6) is 2.84. The number of hydrogen-bond donors (Lipinski definition) is 1. The van der Waals surface area contributed by atoms with E-state index in [1.165, 1.54) is 22.5 Å². The molecule has 0 saturated carbocycles. The van der Waals surface area contributed by atoms with E-state index in [-0.39, 0.29) is 0 Å². The molecule has 4 heterocycles. The van der Waals surface area contributed by atoms with Crippen molar-refractivity contribution in [2.24, 2.45) is 0 Å². The number of aromatic nitrogens is 4. The molecule has 3 aromatic rings. The van der Waals surface area contributed by atoms with E-state index in [2.05, 4.69) is 66.4 Å². The van der Waals surface area contributed by atoms with Crippen LogP contribution in [0.25, 0.3) is 11.1 Å². The van der Waals surface area contributed by atoms with Crippen LogP contribution < -0.4 is 5.32 Å². The van der Waals surface area contributed by atoms with Crippen molar-refractivity contribution in [3.8, 4) is 11.1 Å². The average Bonchev–Trinajstić information content (AvgIpc) is 3.19. The lowest BCUT2D eigenvalue weighted by Gasteiger charge is -2.32. The van der Waals surface area contributed by atoms with Crippen molar-refractivity contribution >= 4 is 0 Å². The third-order valence-corrected chi connectivity index (χ3v) is 5.95. The van der Waals surface area contributed by atoms with Crippen molar-refractivity contribution in [1.29, 1.82) is 0 Å². The summed E-state index contributed by atoms with van der Waals surface area (Å²) in [5.41, 5.74) is 3.86. The molecule has 0 amide bonds. The molecule has 2 aliphatic heterocycles. The standard InChI is InChI=1S/C22H26N6/c1-2-17(14-20(3-1)18-4-8-23-9-5-18)16-27-11-6-19(7-12-27)22-26-25-21-15-24-10-13-28(21)22/h1-5,8-9,14,19,24H,6-7,10-13,15-16H2. The van der Waals surface area contributed by atoms with Crippen LogP contribution in [0.1, 0.15) is 36.0 Å². The van der Waals surface area contributed by atoms with Gasteiger partial charge in [-0.25, -0.2) is 0 Å². The van der Waals surface area contributed by atoms with E-state index < -0.39 is 0 Å². The van der Waals surface area contributed by atoms with Crippen LogP contribution in [0.5, 0.6) is 0 Å². The average molecular weight is 374 g/mol. The van der Waals surface area contributed by atoms with Gasteiger partial charge in [0, 0.05) is 37.9 Å². The maximum Gasteiger partial charge on any atom is 0.147 e. The fourth-order valence-corrected chi connectivity index (χ4v) is 4.42. The number of piperidine rings is 1. The molecule has 1 N–H and O–H groups in total. The topological polar surface area (TPSA) is 58.9 Å². The third kappa shape index (κ3) is 3.57. The number of nitrogens with zero attached hydrogens (tertiary/aromatic N) is 5. The molecule has 0 spiro atoms. The van der Waals surface area contributed by atoms with Gasteiger partial charge in [0.1, 0.15) is 11.6 Å². The second kappa shape index (κ2) is 7.81. The van der Waals surface area contributed by atoms with E-state index in [0.717, 1.165) is 57.9 Å². The van der Waals surface area contributed by atoms with Gasteiger partial charge < -0.3 is 9.88 Å². The minimum atomic E-state index is 0.541. The summed E-state index contributed by atoms with van der Waals surface area (Å²) in [6, 6.07) is 13.0. The van der Waals surface area contributed by atoms with Crippen LogP contribution in [-0.2, 0) is 19.6 Å². The van der Waals surface area contributed by atoms with E-state index in [1.54, 1.807) is 0 Å². The van der Waals surface area contributed by atoms with Crippen molar-refractivity contribution < 1.29 is 0 Å². The number of fused-ring (bicyclic) bond motifs is 1. The van der Waals surface area contributed by atoms with Crippen molar-refractivity contribution in [2.45, 2.75) is 38.4 Å². The Bertz CT molecular complexity index is 927. The Morgan fingerprint density at radius 2 is 1.82 bits per heavy atom. The van der Waals surface area contributed by atoms with Crippen LogP contribution >= 0.6 is 0 Å². The number of likely N-dealkylation sites (tertiary alicyclic amines) is 1. The van der Waals surface area contributed by atoms with Crippen LogP contribution in [0.3, 0.4) is 0 Å². The summed E-state index contributed by atoms with van der Waals surface area (Å²) in [6.07, 6.45) is 6.03. The molecule has 0 bridgehead atoms. The molecule has 5 rings (SSSR count). The van der Waals surface area contributed by atoms with Crippen LogP contribution in [0, 0.1) is 0 Å². The first kappa shape index (κ1) is 17.5. The van der Waals surface area contributed by atoms with E-state index in [9.17, 15) is 0 Å². The van der Waals surface area contributed by atoms with Gasteiger partial charge in [-0.2, -0.15) is 0 Å². The predicted octanol–water partition coefficient (Wildman–Crippen LogP) is 2.82. The summed E-state index contributed by atoms with van der Waals surface area (Å²) in [5, 5.41) is 12.3. The zero-order chi connectivity index (χ0) is 18.8. The van der Waals surface area contributed by atoms with Gasteiger partial charge in [0.15, 0.2) is 0 Å². The number of nitrogens with one attached hydrogen (secondary N) is 1. The minimum absolute atomic E-state index is 0.541. The molecule has 6 heteroatoms. The Balaban J connectivity index is 1.23. The molecule has 0 radical (unpaired) electrons. The van der Waals surface area contributed by atoms with Gasteiger partial charge in [0.25, 0.3) is 0 Å². The number of hydrogen-bond acceptors (Lipinski definition) is 5. The second-order valence-corrected chi connectivity index (χ2v) is 7.79. The van der Waals surface area contributed by atoms with Gasteiger partial charge in [-0.1, -0.05) is 18.2 Å². The van der Waals surface area contributed by atoms with Crippen LogP contribution in [0.15, 0.2) is 48.8 Å². The molecule has 0 unspecified atom stereocenters. The van der Waals surface area contributed by atoms with Crippen LogP contribution in [0.4, 0.5) is 0 Å². The van der Waals surface area contributed by atoms with Gasteiger partial charge in [0.2, 0.25) is 0 Å². The zero-order valence-corrected chi connectivity index (χ0v) is 16.1. The number of benzene rings is 1. The summed E-state index contributed by atoms with van der Waals surface area (Å²) in [6.45, 7) is 6.10. The van der Waals surface area contributed by atoms with Gasteiger partial charge in [0.05, 0.1) is 6.54 Å². The molecule has 1 fully saturated rings.